The second kappa shape index (κ2) is 5.12. The Bertz CT molecular complexity index is 408. The summed E-state index contributed by atoms with van der Waals surface area (Å²) < 4.78 is 5.16. The molecule has 1 aromatic heterocycles. The zero-order valence-corrected chi connectivity index (χ0v) is 9.80. The number of hydrogen-bond acceptors (Lipinski definition) is 4. The smallest absolute Gasteiger partial charge is 0.307 e. The van der Waals surface area contributed by atoms with E-state index in [-0.39, 0.29) is 11.8 Å². The fraction of sp³-hybridized carbons (Fsp3) is 0.583. The van der Waals surface area contributed by atoms with Crippen LogP contribution in [0.25, 0.3) is 0 Å². The van der Waals surface area contributed by atoms with E-state index in [4.69, 9.17) is 4.74 Å². The van der Waals surface area contributed by atoms with Crippen LogP contribution in [0.3, 0.4) is 0 Å². The average molecular weight is 236 g/mol. The van der Waals surface area contributed by atoms with Crippen LogP contribution in [-0.4, -0.2) is 28.2 Å². The molecule has 2 unspecified atom stereocenters. The fourth-order valence-electron chi connectivity index (χ4n) is 2.50. The molecule has 0 bridgehead atoms. The standard InChI is InChI=1S/C12H16N2O3/c1-17-11-10(13-6-7-14-11)8-4-2-3-5-9(8)12(15)16/h6-9H,2-5H2,1H3,(H,15,16). The van der Waals surface area contributed by atoms with Crippen molar-refractivity contribution in [1.82, 2.24) is 9.97 Å². The minimum Gasteiger partial charge on any atom is -0.481 e. The lowest BCUT2D eigenvalue weighted by Gasteiger charge is -2.28. The first kappa shape index (κ1) is 11.8. The summed E-state index contributed by atoms with van der Waals surface area (Å²) in [5, 5.41) is 9.24. The average Bonchev–Trinajstić information content (AvgIpc) is 2.38. The van der Waals surface area contributed by atoms with E-state index in [0.717, 1.165) is 19.3 Å². The molecule has 1 aliphatic rings. The number of aliphatic carboxylic acids is 1. The van der Waals surface area contributed by atoms with E-state index in [1.165, 1.54) is 7.11 Å². The molecule has 0 radical (unpaired) electrons. The number of carboxylic acid groups (broad SMARTS) is 1. The lowest BCUT2D eigenvalue weighted by atomic mass is 9.77. The molecule has 17 heavy (non-hydrogen) atoms. The first-order valence-electron chi connectivity index (χ1n) is 5.81. The summed E-state index contributed by atoms with van der Waals surface area (Å²) >= 11 is 0. The molecule has 2 atom stereocenters. The zero-order valence-electron chi connectivity index (χ0n) is 9.80. The fourth-order valence-corrected chi connectivity index (χ4v) is 2.50. The van der Waals surface area contributed by atoms with Gasteiger partial charge in [-0.3, -0.25) is 9.78 Å². The third kappa shape index (κ3) is 2.38. The van der Waals surface area contributed by atoms with Gasteiger partial charge in [-0.15, -0.1) is 0 Å². The van der Waals surface area contributed by atoms with Crippen molar-refractivity contribution in [2.24, 2.45) is 5.92 Å². The summed E-state index contributed by atoms with van der Waals surface area (Å²) in [6, 6.07) is 0. The van der Waals surface area contributed by atoms with Crippen molar-refractivity contribution in [2.75, 3.05) is 7.11 Å². The van der Waals surface area contributed by atoms with E-state index >= 15 is 0 Å². The quantitative estimate of drug-likeness (QED) is 0.867. The van der Waals surface area contributed by atoms with E-state index in [1.54, 1.807) is 12.4 Å². The predicted molar refractivity (Wildman–Crippen MR) is 60.9 cm³/mol. The normalized spacial score (nSPS) is 24.3. The van der Waals surface area contributed by atoms with Gasteiger partial charge in [0.15, 0.2) is 0 Å². The molecule has 0 aliphatic heterocycles. The van der Waals surface area contributed by atoms with Crippen LogP contribution in [0.4, 0.5) is 0 Å². The maximum atomic E-state index is 11.2. The molecule has 5 heteroatoms. The van der Waals surface area contributed by atoms with Gasteiger partial charge in [-0.05, 0) is 12.8 Å². The topological polar surface area (TPSA) is 72.3 Å². The summed E-state index contributed by atoms with van der Waals surface area (Å²) in [4.78, 5) is 19.6. The number of aromatic nitrogens is 2. The molecule has 0 amide bonds. The first-order chi connectivity index (χ1) is 8.24. The summed E-state index contributed by atoms with van der Waals surface area (Å²) in [6.45, 7) is 0. The Morgan fingerprint density at radius 1 is 1.35 bits per heavy atom. The van der Waals surface area contributed by atoms with Crippen molar-refractivity contribution < 1.29 is 14.6 Å². The van der Waals surface area contributed by atoms with Gasteiger partial charge in [-0.1, -0.05) is 12.8 Å². The Kier molecular flexibility index (Phi) is 3.56. The van der Waals surface area contributed by atoms with Crippen molar-refractivity contribution in [3.63, 3.8) is 0 Å². The third-order valence-electron chi connectivity index (χ3n) is 3.32. The molecule has 1 fully saturated rings. The van der Waals surface area contributed by atoms with Crippen molar-refractivity contribution >= 4 is 5.97 Å². The highest BCUT2D eigenvalue weighted by Crippen LogP contribution is 2.39. The molecular formula is C12H16N2O3. The van der Waals surface area contributed by atoms with E-state index in [2.05, 4.69) is 9.97 Å². The number of carboxylic acids is 1. The monoisotopic (exact) mass is 236 g/mol. The largest absolute Gasteiger partial charge is 0.481 e. The molecule has 92 valence electrons. The van der Waals surface area contributed by atoms with Crippen LogP contribution in [0.1, 0.15) is 37.3 Å². The lowest BCUT2D eigenvalue weighted by molar-refractivity contribution is -0.143. The number of hydrogen-bond donors (Lipinski definition) is 1. The van der Waals surface area contributed by atoms with Gasteiger partial charge in [0.1, 0.15) is 5.69 Å². The Balaban J connectivity index is 2.32. The van der Waals surface area contributed by atoms with Crippen LogP contribution in [-0.2, 0) is 4.79 Å². The first-order valence-corrected chi connectivity index (χ1v) is 5.81. The maximum absolute atomic E-state index is 11.2. The van der Waals surface area contributed by atoms with E-state index in [0.29, 0.717) is 18.0 Å². The highest BCUT2D eigenvalue weighted by atomic mass is 16.5. The number of rotatable bonds is 3. The Morgan fingerprint density at radius 2 is 2.06 bits per heavy atom. The molecule has 1 heterocycles. The van der Waals surface area contributed by atoms with Gasteiger partial charge in [-0.25, -0.2) is 4.98 Å². The molecule has 0 spiro atoms. The molecule has 1 aliphatic carbocycles. The van der Waals surface area contributed by atoms with Gasteiger partial charge >= 0.3 is 5.97 Å². The predicted octanol–water partition coefficient (Wildman–Crippen LogP) is 1.84. The van der Waals surface area contributed by atoms with Gasteiger partial charge in [0.2, 0.25) is 5.88 Å². The third-order valence-corrected chi connectivity index (χ3v) is 3.32. The maximum Gasteiger partial charge on any atom is 0.307 e. The van der Waals surface area contributed by atoms with Crippen LogP contribution in [0.5, 0.6) is 5.88 Å². The van der Waals surface area contributed by atoms with Gasteiger partial charge in [0, 0.05) is 18.3 Å². The highest BCUT2D eigenvalue weighted by Gasteiger charge is 2.34. The molecule has 5 nitrogen and oxygen atoms in total. The van der Waals surface area contributed by atoms with Gasteiger partial charge in [0.05, 0.1) is 13.0 Å². The van der Waals surface area contributed by atoms with Gasteiger partial charge < -0.3 is 9.84 Å². The van der Waals surface area contributed by atoms with Crippen LogP contribution in [0.2, 0.25) is 0 Å². The molecule has 0 saturated heterocycles. The lowest BCUT2D eigenvalue weighted by Crippen LogP contribution is -2.26. The number of carbonyl (C=O) groups is 1. The van der Waals surface area contributed by atoms with E-state index in [1.807, 2.05) is 0 Å². The van der Waals surface area contributed by atoms with Crippen molar-refractivity contribution in [3.05, 3.63) is 18.1 Å². The minimum atomic E-state index is -0.748. The molecule has 2 rings (SSSR count). The van der Waals surface area contributed by atoms with Crippen molar-refractivity contribution in [1.29, 1.82) is 0 Å². The second-order valence-corrected chi connectivity index (χ2v) is 4.29. The Labute approximate surface area is 99.9 Å². The van der Waals surface area contributed by atoms with E-state index in [9.17, 15) is 9.90 Å². The molecular weight excluding hydrogens is 220 g/mol. The number of methoxy groups -OCH3 is 1. The van der Waals surface area contributed by atoms with Gasteiger partial charge in [-0.2, -0.15) is 0 Å². The second-order valence-electron chi connectivity index (χ2n) is 4.29. The molecule has 1 N–H and O–H groups in total. The van der Waals surface area contributed by atoms with Crippen LogP contribution in [0, 0.1) is 5.92 Å². The molecule has 0 aromatic carbocycles. The summed E-state index contributed by atoms with van der Waals surface area (Å²) in [6.07, 6.45) is 6.70. The van der Waals surface area contributed by atoms with Crippen molar-refractivity contribution in [3.8, 4) is 5.88 Å². The summed E-state index contributed by atoms with van der Waals surface area (Å²) in [7, 11) is 1.53. The Morgan fingerprint density at radius 3 is 2.76 bits per heavy atom. The molecule has 1 aromatic rings. The van der Waals surface area contributed by atoms with E-state index < -0.39 is 5.97 Å². The summed E-state index contributed by atoms with van der Waals surface area (Å²) in [5.41, 5.74) is 0.683. The minimum absolute atomic E-state index is 0.0788. The zero-order chi connectivity index (χ0) is 12.3. The number of nitrogens with zero attached hydrogens (tertiary/aromatic N) is 2. The SMILES string of the molecule is COc1nccnc1C1CCCCC1C(=O)O. The molecule has 1 saturated carbocycles. The Hall–Kier alpha value is -1.65. The summed E-state index contributed by atoms with van der Waals surface area (Å²) in [5.74, 6) is -0.743. The van der Waals surface area contributed by atoms with Crippen molar-refractivity contribution in [2.45, 2.75) is 31.6 Å². The highest BCUT2D eigenvalue weighted by molar-refractivity contribution is 5.71. The van der Waals surface area contributed by atoms with Gasteiger partial charge in [0.25, 0.3) is 0 Å². The van der Waals surface area contributed by atoms with Crippen LogP contribution >= 0.6 is 0 Å². The van der Waals surface area contributed by atoms with Crippen LogP contribution in [0.15, 0.2) is 12.4 Å². The number of ether oxygens (including phenoxy) is 1. The van der Waals surface area contributed by atoms with Crippen LogP contribution < -0.4 is 4.74 Å².